The molecule has 7 heteroatoms. The molecule has 20 heavy (non-hydrogen) atoms. The molecule has 0 saturated carbocycles. The van der Waals surface area contributed by atoms with E-state index >= 15 is 0 Å². The van der Waals surface area contributed by atoms with Crippen LogP contribution < -0.4 is 10.0 Å². The summed E-state index contributed by atoms with van der Waals surface area (Å²) < 4.78 is 2.05. The fourth-order valence-corrected chi connectivity index (χ4v) is 1.78. The highest BCUT2D eigenvalue weighted by molar-refractivity contribution is 6.02. The number of benzene rings is 1. The summed E-state index contributed by atoms with van der Waals surface area (Å²) in [5.74, 6) is -1.58. The summed E-state index contributed by atoms with van der Waals surface area (Å²) in [4.78, 5) is 22.7. The van der Waals surface area contributed by atoms with Crippen LogP contribution in [0.1, 0.15) is 26.5 Å². The molecule has 1 aromatic carbocycles. The van der Waals surface area contributed by atoms with Crippen LogP contribution in [0.3, 0.4) is 0 Å². The number of aromatic nitrogens is 2. The zero-order valence-electron chi connectivity index (χ0n) is 11.0. The molecule has 0 spiro atoms. The number of anilines is 1. The van der Waals surface area contributed by atoms with Gasteiger partial charge in [-0.15, -0.1) is 0 Å². The van der Waals surface area contributed by atoms with Gasteiger partial charge in [-0.1, -0.05) is 0 Å². The molecule has 2 aromatic rings. The lowest BCUT2D eigenvalue weighted by Gasteiger charge is -2.06. The minimum absolute atomic E-state index is 0.00908. The molecule has 1 amide bonds. The Bertz CT molecular complexity index is 674. The van der Waals surface area contributed by atoms with Gasteiger partial charge in [0.15, 0.2) is 5.69 Å². The molecule has 1 aromatic heterocycles. The van der Waals surface area contributed by atoms with Crippen molar-refractivity contribution in [1.29, 1.82) is 0 Å². The van der Waals surface area contributed by atoms with E-state index < -0.39 is 11.9 Å². The molecule has 2 N–H and O–H groups in total. The lowest BCUT2D eigenvalue weighted by Crippen LogP contribution is -2.34. The van der Waals surface area contributed by atoms with Gasteiger partial charge in [0.2, 0.25) is 12.0 Å². The van der Waals surface area contributed by atoms with Crippen LogP contribution in [0.5, 0.6) is 0 Å². The van der Waals surface area contributed by atoms with Gasteiger partial charge in [-0.2, -0.15) is 0 Å². The molecule has 0 aliphatic heterocycles. The van der Waals surface area contributed by atoms with E-state index in [1.807, 2.05) is 0 Å². The van der Waals surface area contributed by atoms with Crippen molar-refractivity contribution in [3.05, 3.63) is 52.8 Å². The molecule has 0 atom stereocenters. The highest BCUT2D eigenvalue weighted by Crippen LogP contribution is 2.12. The van der Waals surface area contributed by atoms with Crippen LogP contribution >= 0.6 is 0 Å². The Balaban J connectivity index is 2.21. The molecule has 0 saturated heterocycles. The van der Waals surface area contributed by atoms with Crippen molar-refractivity contribution in [2.24, 2.45) is 7.05 Å². The monoisotopic (exact) mass is 275 g/mol. The highest BCUT2D eigenvalue weighted by Gasteiger charge is 2.21. The van der Waals surface area contributed by atoms with Crippen LogP contribution in [0.4, 0.5) is 5.69 Å². The zero-order chi connectivity index (χ0) is 14.9. The van der Waals surface area contributed by atoms with E-state index in [2.05, 4.69) is 5.32 Å². The Hall–Kier alpha value is -2.83. The van der Waals surface area contributed by atoms with Gasteiger partial charge in [-0.3, -0.25) is 4.79 Å². The van der Waals surface area contributed by atoms with Crippen LogP contribution in [0, 0.1) is 12.1 Å². The van der Waals surface area contributed by atoms with Crippen LogP contribution in [0.2, 0.25) is 0 Å². The number of carboxylic acids is 1. The maximum Gasteiger partial charge on any atom is 0.335 e. The first-order valence-corrected chi connectivity index (χ1v) is 5.80. The van der Waals surface area contributed by atoms with E-state index in [1.54, 1.807) is 18.5 Å². The van der Waals surface area contributed by atoms with Crippen molar-refractivity contribution >= 4 is 17.6 Å². The Morgan fingerprint density at radius 2 is 1.90 bits per heavy atom. The second kappa shape index (κ2) is 5.04. The van der Waals surface area contributed by atoms with Gasteiger partial charge in [0.05, 0.1) is 12.6 Å². The third kappa shape index (κ3) is 2.46. The normalized spacial score (nSPS) is 10.3. The molecular formula is C13H13N3O4. The summed E-state index contributed by atoms with van der Waals surface area (Å²) in [7, 11) is 1.67. The summed E-state index contributed by atoms with van der Waals surface area (Å²) in [6.45, 7) is 1.66. The molecule has 0 unspecified atom stereocenters. The van der Waals surface area contributed by atoms with Crippen molar-refractivity contribution in [2.45, 2.75) is 6.92 Å². The van der Waals surface area contributed by atoms with Crippen molar-refractivity contribution < 1.29 is 19.4 Å². The molecule has 104 valence electrons. The van der Waals surface area contributed by atoms with E-state index in [1.165, 1.54) is 30.6 Å². The van der Waals surface area contributed by atoms with Crippen LogP contribution in [0.15, 0.2) is 30.6 Å². The first-order chi connectivity index (χ1) is 9.40. The maximum atomic E-state index is 12.0. The van der Waals surface area contributed by atoms with E-state index in [0.717, 1.165) is 0 Å². The first-order valence-electron chi connectivity index (χ1n) is 5.80. The molecule has 0 aliphatic rings. The number of hydrogen-bond donors (Lipinski definition) is 2. The van der Waals surface area contributed by atoms with Crippen molar-refractivity contribution in [1.82, 2.24) is 4.57 Å². The van der Waals surface area contributed by atoms with Gasteiger partial charge in [0, 0.05) is 12.6 Å². The topological polar surface area (TPSA) is 98.3 Å². The van der Waals surface area contributed by atoms with Gasteiger partial charge >= 0.3 is 5.97 Å². The summed E-state index contributed by atoms with van der Waals surface area (Å²) in [6, 6.07) is 5.69. The molecule has 0 fully saturated rings. The number of carboxylic acid groups (broad SMARTS) is 1. The standard InChI is InChI=1S/C13H13N3O4/c1-8-11(16(20)7-15(8)2)12(17)14-10-5-3-9(4-6-10)13(18)19/h3-7H,1-2H3,(H,14,17)(H,18,19). The highest BCUT2D eigenvalue weighted by atomic mass is 16.5. The summed E-state index contributed by atoms with van der Waals surface area (Å²) >= 11 is 0. The van der Waals surface area contributed by atoms with Gasteiger partial charge in [0.1, 0.15) is 0 Å². The second-order valence-corrected chi connectivity index (χ2v) is 4.32. The van der Waals surface area contributed by atoms with Gasteiger partial charge in [0.25, 0.3) is 5.91 Å². The Morgan fingerprint density at radius 3 is 2.35 bits per heavy atom. The van der Waals surface area contributed by atoms with Crippen LogP contribution in [0.25, 0.3) is 0 Å². The number of aryl methyl sites for hydroxylation is 1. The molecule has 0 aliphatic carbocycles. The molecule has 0 radical (unpaired) electrons. The lowest BCUT2D eigenvalue weighted by atomic mass is 10.2. The smallest absolute Gasteiger partial charge is 0.335 e. The SMILES string of the molecule is Cc1c(C(=O)Nc2ccc(C(=O)O)cc2)[n+]([O-])cn1C. The predicted molar refractivity (Wildman–Crippen MR) is 70.5 cm³/mol. The molecule has 7 nitrogen and oxygen atoms in total. The quantitative estimate of drug-likeness (QED) is 0.642. The third-order valence-corrected chi connectivity index (χ3v) is 2.98. The number of carbonyl (C=O) groups excluding carboxylic acids is 1. The number of imidazole rings is 1. The van der Waals surface area contributed by atoms with E-state index in [-0.39, 0.29) is 11.3 Å². The lowest BCUT2D eigenvalue weighted by molar-refractivity contribution is -0.607. The van der Waals surface area contributed by atoms with Crippen molar-refractivity contribution in [3.8, 4) is 0 Å². The average molecular weight is 275 g/mol. The third-order valence-electron chi connectivity index (χ3n) is 2.98. The van der Waals surface area contributed by atoms with E-state index in [9.17, 15) is 14.8 Å². The molecule has 1 heterocycles. The zero-order valence-corrected chi connectivity index (χ0v) is 11.0. The Kier molecular flexibility index (Phi) is 3.43. The van der Waals surface area contributed by atoms with Crippen molar-refractivity contribution in [3.63, 3.8) is 0 Å². The number of amides is 1. The number of aromatic carboxylic acids is 1. The molecule has 0 bridgehead atoms. The first kappa shape index (κ1) is 13.6. The Labute approximate surface area is 114 Å². The maximum absolute atomic E-state index is 12.0. The second-order valence-electron chi connectivity index (χ2n) is 4.32. The summed E-state index contributed by atoms with van der Waals surface area (Å²) in [5, 5.41) is 22.9. The molecular weight excluding hydrogens is 262 g/mol. The largest absolute Gasteiger partial charge is 0.710 e. The minimum Gasteiger partial charge on any atom is -0.710 e. The van der Waals surface area contributed by atoms with Gasteiger partial charge < -0.3 is 15.6 Å². The fraction of sp³-hybridized carbons (Fsp3) is 0.154. The van der Waals surface area contributed by atoms with Crippen LogP contribution in [-0.2, 0) is 7.05 Å². The fourth-order valence-electron chi connectivity index (χ4n) is 1.78. The van der Waals surface area contributed by atoms with Gasteiger partial charge in [-0.25, -0.2) is 14.1 Å². The van der Waals surface area contributed by atoms with Gasteiger partial charge in [-0.05, 0) is 24.3 Å². The van der Waals surface area contributed by atoms with Crippen molar-refractivity contribution in [2.75, 3.05) is 5.32 Å². The number of carbonyl (C=O) groups is 2. The summed E-state index contributed by atoms with van der Waals surface area (Å²) in [5.41, 5.74) is 1.09. The number of rotatable bonds is 3. The van der Waals surface area contributed by atoms with E-state index in [0.29, 0.717) is 16.1 Å². The van der Waals surface area contributed by atoms with E-state index in [4.69, 9.17) is 5.11 Å². The Morgan fingerprint density at radius 1 is 1.30 bits per heavy atom. The number of nitrogens with zero attached hydrogens (tertiary/aromatic N) is 2. The summed E-state index contributed by atoms with van der Waals surface area (Å²) in [6.07, 6.45) is 1.26. The predicted octanol–water partition coefficient (Wildman–Crippen LogP) is 0.917. The molecule has 2 rings (SSSR count). The average Bonchev–Trinajstić information content (AvgIpc) is 2.63. The number of nitrogens with one attached hydrogen (secondary N) is 1. The number of hydrogen-bond acceptors (Lipinski definition) is 3. The minimum atomic E-state index is -1.04. The van der Waals surface area contributed by atoms with Crippen LogP contribution in [-0.4, -0.2) is 21.6 Å².